The molecule has 0 saturated heterocycles. The monoisotopic (exact) mass is 278 g/mol. The number of benzene rings is 1. The van der Waals surface area contributed by atoms with Gasteiger partial charge in [-0.3, -0.25) is 0 Å². The molecule has 0 aliphatic heterocycles. The fourth-order valence-electron chi connectivity index (χ4n) is 2.72. The number of nitrogens with zero attached hydrogens (tertiary/aromatic N) is 1. The van der Waals surface area contributed by atoms with E-state index in [1.165, 1.54) is 18.4 Å². The standard InChI is InChI=1S/C17H30N2O/c1-6-15(7-2)19(4)13-17(18-8-3)14-9-11-16(20-5)12-10-14/h9-12,15,17-18H,6-8,13H2,1-5H3. The molecular formula is C17H30N2O. The number of methoxy groups -OCH3 is 1. The lowest BCUT2D eigenvalue weighted by atomic mass is 10.0. The highest BCUT2D eigenvalue weighted by Gasteiger charge is 2.17. The van der Waals surface area contributed by atoms with Gasteiger partial charge in [0.05, 0.1) is 7.11 Å². The molecule has 1 unspecified atom stereocenters. The Morgan fingerprint density at radius 3 is 2.15 bits per heavy atom. The van der Waals surface area contributed by atoms with Crippen molar-refractivity contribution in [3.05, 3.63) is 29.8 Å². The molecule has 3 heteroatoms. The zero-order chi connectivity index (χ0) is 15.0. The summed E-state index contributed by atoms with van der Waals surface area (Å²) in [5.74, 6) is 0.914. The Labute approximate surface area is 124 Å². The molecule has 0 aromatic heterocycles. The predicted molar refractivity (Wildman–Crippen MR) is 86.4 cm³/mol. The van der Waals surface area contributed by atoms with E-state index in [9.17, 15) is 0 Å². The number of ether oxygens (including phenoxy) is 1. The van der Waals surface area contributed by atoms with Crippen LogP contribution in [-0.2, 0) is 0 Å². The molecule has 1 rings (SSSR count). The van der Waals surface area contributed by atoms with Crippen molar-refractivity contribution >= 4 is 0 Å². The second-order valence-corrected chi connectivity index (χ2v) is 5.29. The van der Waals surface area contributed by atoms with E-state index in [0.29, 0.717) is 12.1 Å². The summed E-state index contributed by atoms with van der Waals surface area (Å²) >= 11 is 0. The van der Waals surface area contributed by atoms with Gasteiger partial charge in [-0.15, -0.1) is 0 Å². The molecule has 0 aliphatic carbocycles. The van der Waals surface area contributed by atoms with Gasteiger partial charge in [0, 0.05) is 18.6 Å². The van der Waals surface area contributed by atoms with E-state index in [4.69, 9.17) is 4.74 Å². The van der Waals surface area contributed by atoms with Gasteiger partial charge < -0.3 is 15.0 Å². The van der Waals surface area contributed by atoms with Crippen LogP contribution in [0.4, 0.5) is 0 Å². The van der Waals surface area contributed by atoms with E-state index in [2.05, 4.69) is 50.2 Å². The van der Waals surface area contributed by atoms with Crippen LogP contribution in [0.25, 0.3) is 0 Å². The largest absolute Gasteiger partial charge is 0.497 e. The molecule has 0 amide bonds. The van der Waals surface area contributed by atoms with Gasteiger partial charge in [0.15, 0.2) is 0 Å². The third-order valence-corrected chi connectivity index (χ3v) is 4.01. The molecule has 0 aliphatic rings. The first-order valence-electron chi connectivity index (χ1n) is 7.73. The number of rotatable bonds is 9. The van der Waals surface area contributed by atoms with Crippen molar-refractivity contribution in [1.29, 1.82) is 0 Å². The Hall–Kier alpha value is -1.06. The summed E-state index contributed by atoms with van der Waals surface area (Å²) in [5.41, 5.74) is 1.32. The zero-order valence-electron chi connectivity index (χ0n) is 13.6. The third kappa shape index (κ3) is 4.80. The molecule has 20 heavy (non-hydrogen) atoms. The van der Waals surface area contributed by atoms with Gasteiger partial charge in [0.2, 0.25) is 0 Å². The topological polar surface area (TPSA) is 24.5 Å². The normalized spacial score (nSPS) is 12.9. The molecule has 0 radical (unpaired) electrons. The van der Waals surface area contributed by atoms with Gasteiger partial charge in [0.25, 0.3) is 0 Å². The Morgan fingerprint density at radius 2 is 1.70 bits per heavy atom. The minimum Gasteiger partial charge on any atom is -0.497 e. The summed E-state index contributed by atoms with van der Waals surface area (Å²) in [6.07, 6.45) is 2.41. The SMILES string of the molecule is CCNC(CN(C)C(CC)CC)c1ccc(OC)cc1. The van der Waals surface area contributed by atoms with Crippen molar-refractivity contribution in [1.82, 2.24) is 10.2 Å². The smallest absolute Gasteiger partial charge is 0.118 e. The molecule has 0 fully saturated rings. The highest BCUT2D eigenvalue weighted by Crippen LogP contribution is 2.20. The number of nitrogens with one attached hydrogen (secondary N) is 1. The predicted octanol–water partition coefficient (Wildman–Crippen LogP) is 3.47. The summed E-state index contributed by atoms with van der Waals surface area (Å²) in [6.45, 7) is 8.70. The van der Waals surface area contributed by atoms with Crippen LogP contribution in [0.1, 0.15) is 45.2 Å². The Morgan fingerprint density at radius 1 is 1.10 bits per heavy atom. The van der Waals surface area contributed by atoms with Crippen molar-refractivity contribution in [2.75, 3.05) is 27.2 Å². The minimum atomic E-state index is 0.372. The van der Waals surface area contributed by atoms with Crippen molar-refractivity contribution < 1.29 is 4.74 Å². The molecule has 3 nitrogen and oxygen atoms in total. The van der Waals surface area contributed by atoms with Gasteiger partial charge in [0.1, 0.15) is 5.75 Å². The maximum Gasteiger partial charge on any atom is 0.118 e. The average Bonchev–Trinajstić information content (AvgIpc) is 2.48. The summed E-state index contributed by atoms with van der Waals surface area (Å²) < 4.78 is 5.23. The Bertz CT molecular complexity index is 360. The Balaban J connectivity index is 2.76. The first-order valence-corrected chi connectivity index (χ1v) is 7.73. The minimum absolute atomic E-state index is 0.372. The van der Waals surface area contributed by atoms with Gasteiger partial charge in [-0.1, -0.05) is 32.9 Å². The molecule has 0 saturated carbocycles. The van der Waals surface area contributed by atoms with E-state index in [1.807, 2.05) is 12.1 Å². The molecule has 1 aromatic rings. The lowest BCUT2D eigenvalue weighted by Crippen LogP contribution is -2.38. The van der Waals surface area contributed by atoms with Crippen LogP contribution in [0, 0.1) is 0 Å². The van der Waals surface area contributed by atoms with Gasteiger partial charge in [-0.25, -0.2) is 0 Å². The van der Waals surface area contributed by atoms with E-state index < -0.39 is 0 Å². The third-order valence-electron chi connectivity index (χ3n) is 4.01. The van der Waals surface area contributed by atoms with Crippen molar-refractivity contribution in [3.8, 4) is 5.75 Å². The number of hydrogen-bond acceptors (Lipinski definition) is 3. The van der Waals surface area contributed by atoms with E-state index in [0.717, 1.165) is 18.8 Å². The summed E-state index contributed by atoms with van der Waals surface area (Å²) in [6, 6.07) is 9.43. The molecule has 1 aromatic carbocycles. The zero-order valence-corrected chi connectivity index (χ0v) is 13.6. The van der Waals surface area contributed by atoms with Crippen LogP contribution in [0.3, 0.4) is 0 Å². The molecule has 0 spiro atoms. The fourth-order valence-corrected chi connectivity index (χ4v) is 2.72. The second kappa shape index (κ2) is 8.98. The first-order chi connectivity index (χ1) is 9.65. The van der Waals surface area contributed by atoms with Crippen molar-refractivity contribution in [2.45, 2.75) is 45.7 Å². The Kier molecular flexibility index (Phi) is 7.63. The highest BCUT2D eigenvalue weighted by atomic mass is 16.5. The van der Waals surface area contributed by atoms with Crippen LogP contribution >= 0.6 is 0 Å². The van der Waals surface area contributed by atoms with Crippen molar-refractivity contribution in [3.63, 3.8) is 0 Å². The fraction of sp³-hybridized carbons (Fsp3) is 0.647. The van der Waals surface area contributed by atoms with Crippen LogP contribution < -0.4 is 10.1 Å². The molecule has 114 valence electrons. The lowest BCUT2D eigenvalue weighted by molar-refractivity contribution is 0.206. The second-order valence-electron chi connectivity index (χ2n) is 5.29. The lowest BCUT2D eigenvalue weighted by Gasteiger charge is -2.31. The molecular weight excluding hydrogens is 248 g/mol. The van der Waals surface area contributed by atoms with Crippen LogP contribution in [0.2, 0.25) is 0 Å². The first kappa shape index (κ1) is 17.0. The molecule has 0 bridgehead atoms. The molecule has 1 atom stereocenters. The van der Waals surface area contributed by atoms with Gasteiger partial charge >= 0.3 is 0 Å². The molecule has 1 N–H and O–H groups in total. The maximum atomic E-state index is 5.23. The van der Waals surface area contributed by atoms with E-state index in [1.54, 1.807) is 7.11 Å². The quantitative estimate of drug-likeness (QED) is 0.748. The average molecular weight is 278 g/mol. The van der Waals surface area contributed by atoms with Crippen LogP contribution in [0.5, 0.6) is 5.75 Å². The van der Waals surface area contributed by atoms with E-state index in [-0.39, 0.29) is 0 Å². The van der Waals surface area contributed by atoms with Gasteiger partial charge in [-0.2, -0.15) is 0 Å². The van der Waals surface area contributed by atoms with Crippen LogP contribution in [-0.4, -0.2) is 38.2 Å². The van der Waals surface area contributed by atoms with Crippen LogP contribution in [0.15, 0.2) is 24.3 Å². The summed E-state index contributed by atoms with van der Waals surface area (Å²) in [7, 11) is 3.93. The maximum absolute atomic E-state index is 5.23. The number of likely N-dealkylation sites (N-methyl/N-ethyl adjacent to an activating group) is 2. The highest BCUT2D eigenvalue weighted by molar-refractivity contribution is 5.29. The number of hydrogen-bond donors (Lipinski definition) is 1. The van der Waals surface area contributed by atoms with Gasteiger partial charge in [-0.05, 0) is 44.1 Å². The molecule has 0 heterocycles. The summed E-state index contributed by atoms with van der Waals surface area (Å²) in [4.78, 5) is 2.47. The van der Waals surface area contributed by atoms with Crippen molar-refractivity contribution in [2.24, 2.45) is 0 Å². The summed E-state index contributed by atoms with van der Waals surface area (Å²) in [5, 5.41) is 3.59. The van der Waals surface area contributed by atoms with E-state index >= 15 is 0 Å².